The van der Waals surface area contributed by atoms with Gasteiger partial charge in [0.05, 0.1) is 11.0 Å². The number of para-hydroxylation sites is 1. The van der Waals surface area contributed by atoms with Crippen molar-refractivity contribution in [1.29, 1.82) is 0 Å². The Hall–Kier alpha value is -2.93. The van der Waals surface area contributed by atoms with Crippen molar-refractivity contribution in [2.75, 3.05) is 39.6 Å². The van der Waals surface area contributed by atoms with E-state index >= 15 is 0 Å². The SMILES string of the molecule is CN(C)c1ccc([C@H](CNC(=O)c2ccccc2[N+](=O)[O-])N(C)C)cc1. The normalized spacial score (nSPS) is 11.9. The maximum absolute atomic E-state index is 12.4. The van der Waals surface area contributed by atoms with Crippen LogP contribution < -0.4 is 10.2 Å². The Bertz CT molecular complexity index is 773. The molecule has 0 aliphatic rings. The summed E-state index contributed by atoms with van der Waals surface area (Å²) in [6.45, 7) is 0.346. The van der Waals surface area contributed by atoms with E-state index in [9.17, 15) is 14.9 Å². The summed E-state index contributed by atoms with van der Waals surface area (Å²) in [5.41, 5.74) is 2.03. The first-order valence-electron chi connectivity index (χ1n) is 8.26. The van der Waals surface area contributed by atoms with Crippen LogP contribution in [0.4, 0.5) is 11.4 Å². The topological polar surface area (TPSA) is 78.7 Å². The van der Waals surface area contributed by atoms with Crippen LogP contribution >= 0.6 is 0 Å². The first kappa shape index (κ1) is 19.4. The summed E-state index contributed by atoms with van der Waals surface area (Å²) in [5, 5.41) is 13.9. The van der Waals surface area contributed by atoms with Crippen molar-refractivity contribution in [3.05, 3.63) is 69.8 Å². The van der Waals surface area contributed by atoms with E-state index in [-0.39, 0.29) is 17.3 Å². The molecule has 0 heterocycles. The Morgan fingerprint density at radius 3 is 2.23 bits per heavy atom. The van der Waals surface area contributed by atoms with Gasteiger partial charge in [-0.2, -0.15) is 0 Å². The number of carbonyl (C=O) groups excluding carboxylic acids is 1. The smallest absolute Gasteiger partial charge is 0.282 e. The van der Waals surface area contributed by atoms with Crippen molar-refractivity contribution in [3.8, 4) is 0 Å². The molecule has 0 unspecified atom stereocenters. The van der Waals surface area contributed by atoms with Gasteiger partial charge in [-0.05, 0) is 37.9 Å². The number of anilines is 1. The molecule has 0 bridgehead atoms. The molecule has 1 N–H and O–H groups in total. The fraction of sp³-hybridized carbons (Fsp3) is 0.316. The fourth-order valence-electron chi connectivity index (χ4n) is 2.70. The molecule has 0 saturated carbocycles. The number of nitro benzene ring substituents is 1. The van der Waals surface area contributed by atoms with E-state index in [1.54, 1.807) is 12.1 Å². The van der Waals surface area contributed by atoms with Crippen LogP contribution in [0.25, 0.3) is 0 Å². The van der Waals surface area contributed by atoms with E-state index in [1.807, 2.05) is 62.3 Å². The van der Waals surface area contributed by atoms with Crippen molar-refractivity contribution in [1.82, 2.24) is 10.2 Å². The monoisotopic (exact) mass is 356 g/mol. The number of nitrogens with one attached hydrogen (secondary N) is 1. The molecule has 1 amide bonds. The number of hydrogen-bond donors (Lipinski definition) is 1. The lowest BCUT2D eigenvalue weighted by molar-refractivity contribution is -0.385. The minimum atomic E-state index is -0.543. The second kappa shape index (κ2) is 8.44. The number of likely N-dealkylation sites (N-methyl/N-ethyl adjacent to an activating group) is 1. The van der Waals surface area contributed by atoms with E-state index in [2.05, 4.69) is 5.32 Å². The molecule has 7 nitrogen and oxygen atoms in total. The van der Waals surface area contributed by atoms with Crippen molar-refractivity contribution < 1.29 is 9.72 Å². The van der Waals surface area contributed by atoms with Crippen LogP contribution in [-0.2, 0) is 0 Å². The Balaban J connectivity index is 2.14. The van der Waals surface area contributed by atoms with Gasteiger partial charge in [-0.25, -0.2) is 0 Å². The Morgan fingerprint density at radius 1 is 1.08 bits per heavy atom. The highest BCUT2D eigenvalue weighted by Gasteiger charge is 2.21. The molecule has 0 aliphatic carbocycles. The maximum Gasteiger partial charge on any atom is 0.282 e. The van der Waals surface area contributed by atoms with E-state index in [1.165, 1.54) is 12.1 Å². The third-order valence-electron chi connectivity index (χ3n) is 4.22. The van der Waals surface area contributed by atoms with Crippen molar-refractivity contribution in [2.24, 2.45) is 0 Å². The molecular weight excluding hydrogens is 332 g/mol. The summed E-state index contributed by atoms with van der Waals surface area (Å²) in [6.07, 6.45) is 0. The molecule has 138 valence electrons. The molecule has 0 fully saturated rings. The second-order valence-electron chi connectivity index (χ2n) is 6.45. The molecule has 2 aromatic rings. The summed E-state index contributed by atoms with van der Waals surface area (Å²) in [7, 11) is 7.82. The standard InChI is InChI=1S/C19H24N4O3/c1-21(2)15-11-9-14(10-12-15)18(22(3)4)13-20-19(24)16-7-5-6-8-17(16)23(25)26/h5-12,18H,13H2,1-4H3,(H,20,24)/t18-/m0/s1. The molecule has 1 atom stereocenters. The van der Waals surface area contributed by atoms with E-state index in [0.717, 1.165) is 11.3 Å². The minimum Gasteiger partial charge on any atom is -0.378 e. The first-order chi connectivity index (χ1) is 12.3. The van der Waals surface area contributed by atoms with Gasteiger partial charge < -0.3 is 15.1 Å². The number of nitrogens with zero attached hydrogens (tertiary/aromatic N) is 3. The third-order valence-corrected chi connectivity index (χ3v) is 4.22. The largest absolute Gasteiger partial charge is 0.378 e. The predicted octanol–water partition coefficient (Wildman–Crippen LogP) is 2.69. The maximum atomic E-state index is 12.4. The van der Waals surface area contributed by atoms with Gasteiger partial charge >= 0.3 is 0 Å². The van der Waals surface area contributed by atoms with Gasteiger partial charge in [0.25, 0.3) is 11.6 Å². The van der Waals surface area contributed by atoms with Crippen molar-refractivity contribution >= 4 is 17.3 Å². The number of amides is 1. The summed E-state index contributed by atoms with van der Waals surface area (Å²) in [5.74, 6) is -0.450. The van der Waals surface area contributed by atoms with Gasteiger partial charge in [0.15, 0.2) is 0 Å². The molecule has 0 spiro atoms. The molecule has 0 radical (unpaired) electrons. The summed E-state index contributed by atoms with van der Waals surface area (Å²) < 4.78 is 0. The second-order valence-corrected chi connectivity index (χ2v) is 6.45. The summed E-state index contributed by atoms with van der Waals surface area (Å²) in [6, 6.07) is 14.0. The molecule has 0 saturated heterocycles. The van der Waals surface area contributed by atoms with Crippen molar-refractivity contribution in [3.63, 3.8) is 0 Å². The third kappa shape index (κ3) is 4.58. The van der Waals surface area contributed by atoms with Crippen LogP contribution in [0, 0.1) is 10.1 Å². The van der Waals surface area contributed by atoms with Gasteiger partial charge in [-0.1, -0.05) is 24.3 Å². The molecule has 2 rings (SSSR count). The Kier molecular flexibility index (Phi) is 6.30. The van der Waals surface area contributed by atoms with Crippen LogP contribution in [0.3, 0.4) is 0 Å². The van der Waals surface area contributed by atoms with Gasteiger partial charge in [0, 0.05) is 32.4 Å². The van der Waals surface area contributed by atoms with Crippen LogP contribution in [-0.4, -0.2) is 50.5 Å². The fourth-order valence-corrected chi connectivity index (χ4v) is 2.70. The van der Waals surface area contributed by atoms with Gasteiger partial charge in [0.2, 0.25) is 0 Å². The average molecular weight is 356 g/mol. The lowest BCUT2D eigenvalue weighted by Crippen LogP contribution is -2.34. The summed E-state index contributed by atoms with van der Waals surface area (Å²) in [4.78, 5) is 27.0. The Labute approximate surface area is 153 Å². The molecule has 7 heteroatoms. The van der Waals surface area contributed by atoms with E-state index in [0.29, 0.717) is 6.54 Å². The predicted molar refractivity (Wildman–Crippen MR) is 103 cm³/mol. The van der Waals surface area contributed by atoms with Gasteiger partial charge in [-0.15, -0.1) is 0 Å². The zero-order valence-electron chi connectivity index (χ0n) is 15.5. The lowest BCUT2D eigenvalue weighted by Gasteiger charge is -2.25. The average Bonchev–Trinajstić information content (AvgIpc) is 2.61. The number of rotatable bonds is 7. The van der Waals surface area contributed by atoms with Crippen LogP contribution in [0.2, 0.25) is 0 Å². The lowest BCUT2D eigenvalue weighted by atomic mass is 10.0. The minimum absolute atomic E-state index is 0.0436. The quantitative estimate of drug-likeness (QED) is 0.609. The molecular formula is C19H24N4O3. The van der Waals surface area contributed by atoms with Crippen LogP contribution in [0.1, 0.15) is 22.0 Å². The van der Waals surface area contributed by atoms with Gasteiger partial charge in [-0.3, -0.25) is 14.9 Å². The highest BCUT2D eigenvalue weighted by atomic mass is 16.6. The number of benzene rings is 2. The molecule has 2 aromatic carbocycles. The number of hydrogen-bond acceptors (Lipinski definition) is 5. The van der Waals surface area contributed by atoms with Crippen LogP contribution in [0.5, 0.6) is 0 Å². The molecule has 26 heavy (non-hydrogen) atoms. The number of carbonyl (C=O) groups is 1. The van der Waals surface area contributed by atoms with Crippen molar-refractivity contribution in [2.45, 2.75) is 6.04 Å². The van der Waals surface area contributed by atoms with E-state index < -0.39 is 10.8 Å². The molecule has 0 aliphatic heterocycles. The number of nitro groups is 1. The van der Waals surface area contributed by atoms with Crippen LogP contribution in [0.15, 0.2) is 48.5 Å². The highest BCUT2D eigenvalue weighted by Crippen LogP contribution is 2.22. The highest BCUT2D eigenvalue weighted by molar-refractivity contribution is 5.98. The van der Waals surface area contributed by atoms with Gasteiger partial charge in [0.1, 0.15) is 5.56 Å². The Morgan fingerprint density at radius 2 is 1.69 bits per heavy atom. The molecule has 0 aromatic heterocycles. The zero-order valence-corrected chi connectivity index (χ0v) is 15.5. The summed E-state index contributed by atoms with van der Waals surface area (Å²) >= 11 is 0. The first-order valence-corrected chi connectivity index (χ1v) is 8.26. The van der Waals surface area contributed by atoms with E-state index in [4.69, 9.17) is 0 Å². The zero-order chi connectivity index (χ0) is 19.3.